The Balaban J connectivity index is 4.25. The Morgan fingerprint density at radius 1 is 0.870 bits per heavy atom. The number of ether oxygens (including phenoxy) is 1. The van der Waals surface area contributed by atoms with Crippen LogP contribution in [0.3, 0.4) is 0 Å². The van der Waals surface area contributed by atoms with Crippen LogP contribution < -0.4 is 5.32 Å². The van der Waals surface area contributed by atoms with Gasteiger partial charge in [-0.15, -0.1) is 0 Å². The molecule has 1 amide bonds. The quantitative estimate of drug-likeness (QED) is 0.549. The molecular weight excluding hydrogens is 294 g/mol. The standard InChI is InChI=1S/C18H33NO4/c1-16(2,3)12-15(22)19-9-10-23-18(7,8)14(21)11-13(20)17(4,5)6/h9-12H2,1-8H3,(H,19,22). The summed E-state index contributed by atoms with van der Waals surface area (Å²) in [7, 11) is 0. The first-order valence-electron chi connectivity index (χ1n) is 8.12. The molecule has 0 saturated carbocycles. The molecule has 0 aromatic heterocycles. The molecule has 23 heavy (non-hydrogen) atoms. The fourth-order valence-corrected chi connectivity index (χ4v) is 1.75. The van der Waals surface area contributed by atoms with Gasteiger partial charge in [0.05, 0.1) is 13.0 Å². The predicted octanol–water partition coefficient (Wildman–Crippen LogP) is 2.91. The van der Waals surface area contributed by atoms with Crippen molar-refractivity contribution in [2.24, 2.45) is 10.8 Å². The molecule has 0 rings (SSSR count). The van der Waals surface area contributed by atoms with Crippen LogP contribution in [-0.4, -0.2) is 36.2 Å². The summed E-state index contributed by atoms with van der Waals surface area (Å²) >= 11 is 0. The summed E-state index contributed by atoms with van der Waals surface area (Å²) in [5.74, 6) is -0.371. The summed E-state index contributed by atoms with van der Waals surface area (Å²) in [4.78, 5) is 35.8. The number of amides is 1. The molecule has 0 aliphatic carbocycles. The van der Waals surface area contributed by atoms with Gasteiger partial charge in [-0.05, 0) is 19.3 Å². The molecule has 0 aliphatic rings. The first kappa shape index (κ1) is 21.8. The third-order valence-electron chi connectivity index (χ3n) is 3.41. The minimum Gasteiger partial charge on any atom is -0.366 e. The van der Waals surface area contributed by atoms with Crippen LogP contribution in [0.1, 0.15) is 68.2 Å². The van der Waals surface area contributed by atoms with E-state index < -0.39 is 11.0 Å². The number of hydrogen-bond acceptors (Lipinski definition) is 4. The van der Waals surface area contributed by atoms with Crippen LogP contribution in [0.25, 0.3) is 0 Å². The van der Waals surface area contributed by atoms with Crippen LogP contribution >= 0.6 is 0 Å². The third kappa shape index (κ3) is 9.49. The lowest BCUT2D eigenvalue weighted by molar-refractivity contribution is -0.144. The van der Waals surface area contributed by atoms with Crippen molar-refractivity contribution in [2.45, 2.75) is 73.8 Å². The Labute approximate surface area is 140 Å². The summed E-state index contributed by atoms with van der Waals surface area (Å²) in [6.45, 7) is 15.3. The van der Waals surface area contributed by atoms with Crippen LogP contribution in [0.4, 0.5) is 0 Å². The Morgan fingerprint density at radius 3 is 1.83 bits per heavy atom. The van der Waals surface area contributed by atoms with Gasteiger partial charge in [0, 0.05) is 18.4 Å². The summed E-state index contributed by atoms with van der Waals surface area (Å²) in [6.07, 6.45) is 0.308. The molecule has 0 aromatic carbocycles. The largest absolute Gasteiger partial charge is 0.366 e. The smallest absolute Gasteiger partial charge is 0.220 e. The second kappa shape index (κ2) is 8.04. The third-order valence-corrected chi connectivity index (χ3v) is 3.41. The van der Waals surface area contributed by atoms with E-state index in [4.69, 9.17) is 4.74 Å². The zero-order valence-electron chi connectivity index (χ0n) is 16.0. The van der Waals surface area contributed by atoms with Crippen molar-refractivity contribution in [3.63, 3.8) is 0 Å². The van der Waals surface area contributed by atoms with Crippen molar-refractivity contribution in [3.8, 4) is 0 Å². The lowest BCUT2D eigenvalue weighted by atomic mass is 9.85. The van der Waals surface area contributed by atoms with Crippen LogP contribution in [0.15, 0.2) is 0 Å². The lowest BCUT2D eigenvalue weighted by Crippen LogP contribution is -2.40. The minimum absolute atomic E-state index is 0.0341. The van der Waals surface area contributed by atoms with E-state index in [1.807, 2.05) is 20.8 Å². The maximum absolute atomic E-state index is 12.2. The molecule has 0 spiro atoms. The lowest BCUT2D eigenvalue weighted by Gasteiger charge is -2.25. The predicted molar refractivity (Wildman–Crippen MR) is 91.2 cm³/mol. The fourth-order valence-electron chi connectivity index (χ4n) is 1.75. The van der Waals surface area contributed by atoms with E-state index in [0.29, 0.717) is 13.0 Å². The number of ketones is 2. The molecule has 0 saturated heterocycles. The number of carbonyl (C=O) groups excluding carboxylic acids is 3. The minimum atomic E-state index is -1.03. The van der Waals surface area contributed by atoms with Gasteiger partial charge in [0.2, 0.25) is 5.91 Å². The van der Waals surface area contributed by atoms with E-state index in [2.05, 4.69) is 5.32 Å². The summed E-state index contributed by atoms with van der Waals surface area (Å²) in [6, 6.07) is 0. The second-order valence-corrected chi connectivity index (χ2v) is 8.72. The Bertz CT molecular complexity index is 439. The average Bonchev–Trinajstić information content (AvgIpc) is 2.31. The molecule has 134 valence electrons. The zero-order chi connectivity index (χ0) is 18.5. The van der Waals surface area contributed by atoms with Crippen molar-refractivity contribution in [2.75, 3.05) is 13.2 Å². The van der Waals surface area contributed by atoms with Crippen molar-refractivity contribution in [1.29, 1.82) is 0 Å². The molecule has 0 atom stereocenters. The normalized spacial score (nSPS) is 12.9. The maximum atomic E-state index is 12.2. The Kier molecular flexibility index (Phi) is 7.61. The van der Waals surface area contributed by atoms with Gasteiger partial charge in [-0.1, -0.05) is 41.5 Å². The molecule has 5 heteroatoms. The highest BCUT2D eigenvalue weighted by atomic mass is 16.5. The van der Waals surface area contributed by atoms with Crippen molar-refractivity contribution < 1.29 is 19.1 Å². The number of carbonyl (C=O) groups is 3. The highest BCUT2D eigenvalue weighted by molar-refractivity contribution is 6.04. The number of hydrogen-bond donors (Lipinski definition) is 1. The van der Waals surface area contributed by atoms with E-state index in [-0.39, 0.29) is 35.9 Å². The van der Waals surface area contributed by atoms with Crippen LogP contribution in [0.5, 0.6) is 0 Å². The summed E-state index contributed by atoms with van der Waals surface area (Å²) < 4.78 is 5.57. The number of nitrogens with one attached hydrogen (secondary N) is 1. The SMILES string of the molecule is CC(C)(C)CC(=O)NCCOC(C)(C)C(=O)CC(=O)C(C)(C)C. The molecule has 0 fully saturated rings. The maximum Gasteiger partial charge on any atom is 0.220 e. The summed E-state index contributed by atoms with van der Waals surface area (Å²) in [5.41, 5.74) is -1.63. The van der Waals surface area contributed by atoms with Gasteiger partial charge in [-0.25, -0.2) is 0 Å². The molecule has 0 unspecified atom stereocenters. The number of Topliss-reactive ketones (excluding diaryl/α,β-unsaturated/α-hetero) is 2. The summed E-state index contributed by atoms with van der Waals surface area (Å²) in [5, 5.41) is 2.77. The molecule has 0 aliphatic heterocycles. The van der Waals surface area contributed by atoms with E-state index in [1.54, 1.807) is 34.6 Å². The number of rotatable bonds is 8. The van der Waals surface area contributed by atoms with Crippen LogP contribution in [-0.2, 0) is 19.1 Å². The Morgan fingerprint density at radius 2 is 1.39 bits per heavy atom. The van der Waals surface area contributed by atoms with E-state index in [9.17, 15) is 14.4 Å². The fraction of sp³-hybridized carbons (Fsp3) is 0.833. The van der Waals surface area contributed by atoms with Crippen LogP contribution in [0, 0.1) is 10.8 Å². The van der Waals surface area contributed by atoms with Gasteiger partial charge in [0.25, 0.3) is 0 Å². The van der Waals surface area contributed by atoms with Crippen molar-refractivity contribution >= 4 is 17.5 Å². The van der Waals surface area contributed by atoms with Gasteiger partial charge in [0.1, 0.15) is 11.4 Å². The average molecular weight is 327 g/mol. The first-order chi connectivity index (χ1) is 10.1. The van der Waals surface area contributed by atoms with Gasteiger partial charge in [0.15, 0.2) is 5.78 Å². The molecule has 5 nitrogen and oxygen atoms in total. The molecule has 1 N–H and O–H groups in total. The molecule has 0 radical (unpaired) electrons. The van der Waals surface area contributed by atoms with E-state index in [0.717, 1.165) is 0 Å². The van der Waals surface area contributed by atoms with Crippen molar-refractivity contribution in [1.82, 2.24) is 5.32 Å². The zero-order valence-corrected chi connectivity index (χ0v) is 16.0. The molecule has 0 heterocycles. The molecule has 0 aromatic rings. The van der Waals surface area contributed by atoms with Crippen LogP contribution in [0.2, 0.25) is 0 Å². The topological polar surface area (TPSA) is 72.5 Å². The van der Waals surface area contributed by atoms with Gasteiger partial charge in [-0.2, -0.15) is 0 Å². The molecule has 0 bridgehead atoms. The van der Waals surface area contributed by atoms with E-state index in [1.165, 1.54) is 0 Å². The first-order valence-corrected chi connectivity index (χ1v) is 8.12. The van der Waals surface area contributed by atoms with Gasteiger partial charge < -0.3 is 10.1 Å². The monoisotopic (exact) mass is 327 g/mol. The highest BCUT2D eigenvalue weighted by Gasteiger charge is 2.33. The van der Waals surface area contributed by atoms with Gasteiger partial charge >= 0.3 is 0 Å². The highest BCUT2D eigenvalue weighted by Crippen LogP contribution is 2.21. The second-order valence-electron chi connectivity index (χ2n) is 8.72. The van der Waals surface area contributed by atoms with E-state index >= 15 is 0 Å². The van der Waals surface area contributed by atoms with Crippen molar-refractivity contribution in [3.05, 3.63) is 0 Å². The molecular formula is C18H33NO4. The Hall–Kier alpha value is -1.23. The van der Waals surface area contributed by atoms with Gasteiger partial charge in [-0.3, -0.25) is 14.4 Å².